The van der Waals surface area contributed by atoms with E-state index in [1.807, 2.05) is 61.5 Å². The van der Waals surface area contributed by atoms with Crippen molar-refractivity contribution in [3.8, 4) is 5.75 Å². The monoisotopic (exact) mass is 557 g/mol. The Kier molecular flexibility index (Phi) is 8.06. The molecule has 2 aliphatic heterocycles. The molecule has 4 amide bonds. The summed E-state index contributed by atoms with van der Waals surface area (Å²) in [5.74, 6) is 0.433. The van der Waals surface area contributed by atoms with Gasteiger partial charge >= 0.3 is 6.03 Å². The molecule has 2 aromatic carbocycles. The molecule has 1 aromatic heterocycles. The average Bonchev–Trinajstić information content (AvgIpc) is 2.95. The number of amides is 4. The molecule has 2 N–H and O–H groups in total. The van der Waals surface area contributed by atoms with Gasteiger partial charge in [0.25, 0.3) is 0 Å². The molecular formula is C30H35N7O4. The first-order valence-electron chi connectivity index (χ1n) is 13.5. The van der Waals surface area contributed by atoms with Crippen LogP contribution in [0.2, 0.25) is 0 Å². The quantitative estimate of drug-likeness (QED) is 0.457. The zero-order chi connectivity index (χ0) is 29.1. The SMILES string of the molecule is CN(C)c1ncccc1CN1CC2N(C(=O)CN(C)N2C(=O)NCc2ccccc2)[C@@H](Cc2ccc(O)cc2)C1=O. The lowest BCUT2D eigenvalue weighted by Crippen LogP contribution is -2.76. The van der Waals surface area contributed by atoms with E-state index < -0.39 is 12.2 Å². The molecule has 214 valence electrons. The van der Waals surface area contributed by atoms with E-state index in [4.69, 9.17) is 0 Å². The highest BCUT2D eigenvalue weighted by molar-refractivity contribution is 5.91. The molecule has 2 aliphatic rings. The van der Waals surface area contributed by atoms with E-state index >= 15 is 0 Å². The maximum absolute atomic E-state index is 14.1. The van der Waals surface area contributed by atoms with E-state index in [-0.39, 0.29) is 49.7 Å². The molecule has 0 spiro atoms. The first-order chi connectivity index (χ1) is 19.7. The Morgan fingerprint density at radius 2 is 1.76 bits per heavy atom. The van der Waals surface area contributed by atoms with Crippen molar-refractivity contribution in [3.05, 3.63) is 89.6 Å². The van der Waals surface area contributed by atoms with Crippen LogP contribution in [0.1, 0.15) is 16.7 Å². The molecule has 0 bridgehead atoms. The minimum Gasteiger partial charge on any atom is -0.508 e. The standard InChI is InChI=1S/C30H35N7O4/c1-33(2)28-23(10-7-15-31-28)18-35-19-26-36(25(29(35)40)16-21-11-13-24(38)14-12-21)27(39)20-34(3)37(26)30(41)32-17-22-8-5-4-6-9-22/h4-15,25-26,38H,16-20H2,1-3H3,(H,32,41)/t25-,26?/m0/s1. The maximum atomic E-state index is 14.1. The molecule has 0 aliphatic carbocycles. The molecular weight excluding hydrogens is 522 g/mol. The van der Waals surface area contributed by atoms with Gasteiger partial charge in [0, 0.05) is 52.4 Å². The number of hydrogen-bond acceptors (Lipinski definition) is 7. The van der Waals surface area contributed by atoms with Gasteiger partial charge in [-0.25, -0.2) is 19.8 Å². The average molecular weight is 558 g/mol. The summed E-state index contributed by atoms with van der Waals surface area (Å²) in [6, 6.07) is 18.8. The summed E-state index contributed by atoms with van der Waals surface area (Å²) in [7, 11) is 5.50. The second-order valence-electron chi connectivity index (χ2n) is 10.6. The molecule has 1 unspecified atom stereocenters. The first-order valence-corrected chi connectivity index (χ1v) is 13.5. The number of urea groups is 1. The topological polar surface area (TPSA) is 113 Å². The molecule has 2 saturated heterocycles. The number of phenolic OH excluding ortho intramolecular Hbond substituents is 1. The van der Waals surface area contributed by atoms with Gasteiger partial charge in [-0.3, -0.25) is 9.59 Å². The highest BCUT2D eigenvalue weighted by Gasteiger charge is 2.50. The molecule has 2 atom stereocenters. The molecule has 3 heterocycles. The third-order valence-electron chi connectivity index (χ3n) is 7.45. The maximum Gasteiger partial charge on any atom is 0.334 e. The second-order valence-corrected chi connectivity index (χ2v) is 10.6. The lowest BCUT2D eigenvalue weighted by atomic mass is 9.98. The molecule has 11 heteroatoms. The summed E-state index contributed by atoms with van der Waals surface area (Å²) in [6.45, 7) is 0.698. The van der Waals surface area contributed by atoms with Gasteiger partial charge in [0.1, 0.15) is 23.8 Å². The Balaban J connectivity index is 1.48. The highest BCUT2D eigenvalue weighted by Crippen LogP contribution is 2.30. The van der Waals surface area contributed by atoms with Crippen molar-refractivity contribution in [2.75, 3.05) is 39.1 Å². The van der Waals surface area contributed by atoms with Gasteiger partial charge in [-0.1, -0.05) is 48.5 Å². The van der Waals surface area contributed by atoms with Crippen LogP contribution < -0.4 is 10.2 Å². The van der Waals surface area contributed by atoms with Gasteiger partial charge in [-0.05, 0) is 29.3 Å². The Hall–Kier alpha value is -4.64. The number of phenols is 1. The van der Waals surface area contributed by atoms with Crippen molar-refractivity contribution in [1.29, 1.82) is 0 Å². The number of anilines is 1. The lowest BCUT2D eigenvalue weighted by molar-refractivity contribution is -0.187. The number of aromatic nitrogens is 1. The smallest absolute Gasteiger partial charge is 0.334 e. The fourth-order valence-corrected chi connectivity index (χ4v) is 5.52. The van der Waals surface area contributed by atoms with Gasteiger partial charge in [-0.2, -0.15) is 0 Å². The summed E-state index contributed by atoms with van der Waals surface area (Å²) in [4.78, 5) is 50.8. The van der Waals surface area contributed by atoms with Gasteiger partial charge in [0.05, 0.1) is 13.1 Å². The summed E-state index contributed by atoms with van der Waals surface area (Å²) in [5.41, 5.74) is 2.61. The van der Waals surface area contributed by atoms with Crippen LogP contribution in [0.4, 0.5) is 10.6 Å². The van der Waals surface area contributed by atoms with Crippen molar-refractivity contribution in [2.45, 2.75) is 31.7 Å². The molecule has 11 nitrogen and oxygen atoms in total. The number of aromatic hydroxyl groups is 1. The highest BCUT2D eigenvalue weighted by atomic mass is 16.3. The molecule has 5 rings (SSSR count). The number of likely N-dealkylation sites (N-methyl/N-ethyl adjacent to an activating group) is 1. The van der Waals surface area contributed by atoms with Gasteiger partial charge < -0.3 is 25.1 Å². The normalized spacial score (nSPS) is 19.2. The van der Waals surface area contributed by atoms with Gasteiger partial charge in [0.2, 0.25) is 11.8 Å². The number of piperazine rings is 1. The van der Waals surface area contributed by atoms with E-state index in [9.17, 15) is 19.5 Å². The number of fused-ring (bicyclic) bond motifs is 1. The van der Waals surface area contributed by atoms with Crippen molar-refractivity contribution in [2.24, 2.45) is 0 Å². The van der Waals surface area contributed by atoms with Crippen LogP contribution in [-0.4, -0.2) is 94.2 Å². The van der Waals surface area contributed by atoms with Crippen LogP contribution in [0, 0.1) is 0 Å². The van der Waals surface area contributed by atoms with Crippen LogP contribution in [0.15, 0.2) is 72.9 Å². The minimum absolute atomic E-state index is 0.0397. The predicted octanol–water partition coefficient (Wildman–Crippen LogP) is 2.03. The number of nitrogens with one attached hydrogen (secondary N) is 1. The summed E-state index contributed by atoms with van der Waals surface area (Å²) in [6.07, 6.45) is 1.24. The number of benzene rings is 2. The Morgan fingerprint density at radius 3 is 2.46 bits per heavy atom. The Morgan fingerprint density at radius 1 is 1.02 bits per heavy atom. The van der Waals surface area contributed by atoms with Crippen molar-refractivity contribution >= 4 is 23.7 Å². The van der Waals surface area contributed by atoms with E-state index in [0.29, 0.717) is 6.54 Å². The summed E-state index contributed by atoms with van der Waals surface area (Å²) in [5, 5.41) is 15.9. The Bertz CT molecular complexity index is 1400. The number of rotatable bonds is 7. The predicted molar refractivity (Wildman–Crippen MR) is 153 cm³/mol. The Labute approximate surface area is 239 Å². The van der Waals surface area contributed by atoms with Gasteiger partial charge in [0.15, 0.2) is 0 Å². The number of hydrogen-bond donors (Lipinski definition) is 2. The summed E-state index contributed by atoms with van der Waals surface area (Å²) >= 11 is 0. The third-order valence-corrected chi connectivity index (χ3v) is 7.45. The number of carbonyl (C=O) groups excluding carboxylic acids is 3. The largest absolute Gasteiger partial charge is 0.508 e. The van der Waals surface area contributed by atoms with Crippen LogP contribution >= 0.6 is 0 Å². The van der Waals surface area contributed by atoms with E-state index in [1.54, 1.807) is 57.3 Å². The summed E-state index contributed by atoms with van der Waals surface area (Å²) < 4.78 is 0. The molecule has 3 aromatic rings. The third kappa shape index (κ3) is 5.94. The fraction of sp³-hybridized carbons (Fsp3) is 0.333. The minimum atomic E-state index is -0.830. The van der Waals surface area contributed by atoms with E-state index in [1.165, 1.54) is 0 Å². The number of carbonyl (C=O) groups is 3. The number of hydrazine groups is 1. The molecule has 41 heavy (non-hydrogen) atoms. The first kappa shape index (κ1) is 27.9. The number of pyridine rings is 1. The molecule has 0 radical (unpaired) electrons. The fourth-order valence-electron chi connectivity index (χ4n) is 5.52. The van der Waals surface area contributed by atoms with Crippen LogP contribution in [0.25, 0.3) is 0 Å². The zero-order valence-electron chi connectivity index (χ0n) is 23.5. The zero-order valence-corrected chi connectivity index (χ0v) is 23.5. The lowest BCUT2D eigenvalue weighted by Gasteiger charge is -2.54. The molecule has 0 saturated carbocycles. The van der Waals surface area contributed by atoms with E-state index in [2.05, 4.69) is 10.3 Å². The van der Waals surface area contributed by atoms with Crippen LogP contribution in [-0.2, 0) is 29.1 Å². The molecule has 2 fully saturated rings. The van der Waals surface area contributed by atoms with Gasteiger partial charge in [-0.15, -0.1) is 0 Å². The van der Waals surface area contributed by atoms with Crippen molar-refractivity contribution in [1.82, 2.24) is 30.1 Å². The van der Waals surface area contributed by atoms with E-state index in [0.717, 1.165) is 22.5 Å². The van der Waals surface area contributed by atoms with Crippen LogP contribution in [0.5, 0.6) is 5.75 Å². The van der Waals surface area contributed by atoms with Crippen molar-refractivity contribution < 1.29 is 19.5 Å². The van der Waals surface area contributed by atoms with Crippen molar-refractivity contribution in [3.63, 3.8) is 0 Å². The number of nitrogens with zero attached hydrogens (tertiary/aromatic N) is 6. The second kappa shape index (κ2) is 11.8. The van der Waals surface area contributed by atoms with Crippen LogP contribution in [0.3, 0.4) is 0 Å².